The van der Waals surface area contributed by atoms with Crippen LogP contribution >= 0.6 is 0 Å². The number of hydrogen-bond donors (Lipinski definition) is 0. The Morgan fingerprint density at radius 2 is 2.08 bits per heavy atom. The molecule has 1 aromatic carbocycles. The number of ether oxygens (including phenoxy) is 1. The zero-order chi connectivity index (χ0) is 16.8. The van der Waals surface area contributed by atoms with Gasteiger partial charge in [-0.2, -0.15) is 0 Å². The van der Waals surface area contributed by atoms with Crippen LogP contribution in [-0.4, -0.2) is 35.5 Å². The number of rotatable bonds is 6. The van der Waals surface area contributed by atoms with Crippen molar-refractivity contribution in [3.8, 4) is 5.75 Å². The summed E-state index contributed by atoms with van der Waals surface area (Å²) in [7, 11) is 0. The Labute approximate surface area is 143 Å². The average Bonchev–Trinajstić information content (AvgIpc) is 3.13. The average molecular weight is 324 g/mol. The molecule has 0 radical (unpaired) electrons. The Balaban J connectivity index is 1.59. The molecule has 2 aromatic rings. The first-order valence-corrected chi connectivity index (χ1v) is 8.71. The normalized spacial score (nSPS) is 17.0. The Morgan fingerprint density at radius 1 is 1.25 bits per heavy atom. The second-order valence-electron chi connectivity index (χ2n) is 6.22. The highest BCUT2D eigenvalue weighted by Gasteiger charge is 2.28. The summed E-state index contributed by atoms with van der Waals surface area (Å²) in [6.07, 6.45) is 4.95. The molecule has 0 unspecified atom stereocenters. The first kappa shape index (κ1) is 16.5. The topological polar surface area (TPSA) is 42.4 Å². The molecule has 1 aromatic heterocycles. The van der Waals surface area contributed by atoms with Gasteiger partial charge in [0.1, 0.15) is 5.75 Å². The molecule has 0 saturated carbocycles. The molecule has 1 fully saturated rings. The molecule has 3 rings (SSSR count). The maximum atomic E-state index is 12.7. The van der Waals surface area contributed by atoms with Crippen molar-refractivity contribution in [2.75, 3.05) is 19.7 Å². The first-order valence-electron chi connectivity index (χ1n) is 8.71. The number of benzene rings is 1. The largest absolute Gasteiger partial charge is 0.494 e. The Kier molecular flexibility index (Phi) is 5.47. The molecule has 1 saturated heterocycles. The molecule has 1 atom stereocenters. The van der Waals surface area contributed by atoms with Crippen LogP contribution in [0.4, 0.5) is 0 Å². The molecule has 1 aliphatic heterocycles. The fourth-order valence-electron chi connectivity index (χ4n) is 3.01. The SMILES string of the molecule is CCCCOc1ccc(C(=O)N2CC[C@H](c3ccccn3)C2)cc1. The summed E-state index contributed by atoms with van der Waals surface area (Å²) in [5.74, 6) is 1.26. The van der Waals surface area contributed by atoms with Gasteiger partial charge in [-0.25, -0.2) is 0 Å². The van der Waals surface area contributed by atoms with E-state index in [1.54, 1.807) is 0 Å². The van der Waals surface area contributed by atoms with Gasteiger partial charge in [-0.3, -0.25) is 9.78 Å². The zero-order valence-electron chi connectivity index (χ0n) is 14.1. The lowest BCUT2D eigenvalue weighted by Gasteiger charge is -2.17. The van der Waals surface area contributed by atoms with Gasteiger partial charge in [-0.15, -0.1) is 0 Å². The summed E-state index contributed by atoms with van der Waals surface area (Å²) >= 11 is 0. The smallest absolute Gasteiger partial charge is 0.253 e. The van der Waals surface area contributed by atoms with Crippen LogP contribution in [0.2, 0.25) is 0 Å². The van der Waals surface area contributed by atoms with Crippen LogP contribution in [0.5, 0.6) is 5.75 Å². The Hall–Kier alpha value is -2.36. The summed E-state index contributed by atoms with van der Waals surface area (Å²) in [5, 5.41) is 0. The van der Waals surface area contributed by atoms with E-state index in [0.29, 0.717) is 5.92 Å². The molecule has 0 N–H and O–H groups in total. The second kappa shape index (κ2) is 7.95. The maximum absolute atomic E-state index is 12.7. The van der Waals surface area contributed by atoms with Crippen LogP contribution in [0.25, 0.3) is 0 Å². The number of carbonyl (C=O) groups excluding carboxylic acids is 1. The van der Waals surface area contributed by atoms with Crippen molar-refractivity contribution in [3.63, 3.8) is 0 Å². The van der Waals surface area contributed by atoms with E-state index in [9.17, 15) is 4.79 Å². The van der Waals surface area contributed by atoms with E-state index in [4.69, 9.17) is 4.74 Å². The van der Waals surface area contributed by atoms with Gasteiger partial charge in [0.25, 0.3) is 5.91 Å². The van der Waals surface area contributed by atoms with E-state index in [1.165, 1.54) is 0 Å². The molecule has 0 spiro atoms. The van der Waals surface area contributed by atoms with Crippen LogP contribution in [0.1, 0.15) is 48.2 Å². The van der Waals surface area contributed by atoms with Crippen molar-refractivity contribution >= 4 is 5.91 Å². The fourth-order valence-corrected chi connectivity index (χ4v) is 3.01. The maximum Gasteiger partial charge on any atom is 0.253 e. The monoisotopic (exact) mass is 324 g/mol. The summed E-state index contributed by atoms with van der Waals surface area (Å²) in [6, 6.07) is 13.5. The van der Waals surface area contributed by atoms with E-state index in [-0.39, 0.29) is 5.91 Å². The van der Waals surface area contributed by atoms with E-state index < -0.39 is 0 Å². The van der Waals surface area contributed by atoms with Gasteiger partial charge in [-0.05, 0) is 49.2 Å². The molecule has 24 heavy (non-hydrogen) atoms. The molecule has 1 amide bonds. The van der Waals surface area contributed by atoms with Crippen LogP contribution in [-0.2, 0) is 0 Å². The first-order chi connectivity index (χ1) is 11.8. The number of aromatic nitrogens is 1. The van der Waals surface area contributed by atoms with Gasteiger partial charge >= 0.3 is 0 Å². The minimum absolute atomic E-state index is 0.0912. The van der Waals surface area contributed by atoms with Crippen LogP contribution in [0.15, 0.2) is 48.7 Å². The molecule has 126 valence electrons. The standard InChI is InChI=1S/C20H24N2O2/c1-2-3-14-24-18-9-7-16(8-10-18)20(23)22-13-11-17(15-22)19-6-4-5-12-21-19/h4-10,12,17H,2-3,11,13-15H2,1H3/t17-/m0/s1. The molecule has 2 heterocycles. The highest BCUT2D eigenvalue weighted by molar-refractivity contribution is 5.94. The van der Waals surface area contributed by atoms with E-state index in [0.717, 1.165) is 56.0 Å². The van der Waals surface area contributed by atoms with E-state index >= 15 is 0 Å². The Bertz CT molecular complexity index is 655. The lowest BCUT2D eigenvalue weighted by molar-refractivity contribution is 0.0790. The van der Waals surface area contributed by atoms with Crippen molar-refractivity contribution in [2.24, 2.45) is 0 Å². The molecule has 4 nitrogen and oxygen atoms in total. The lowest BCUT2D eigenvalue weighted by Crippen LogP contribution is -2.28. The molecular formula is C20H24N2O2. The van der Waals surface area contributed by atoms with Crippen molar-refractivity contribution < 1.29 is 9.53 Å². The number of likely N-dealkylation sites (tertiary alicyclic amines) is 1. The van der Waals surface area contributed by atoms with Crippen LogP contribution in [0.3, 0.4) is 0 Å². The number of carbonyl (C=O) groups is 1. The van der Waals surface area contributed by atoms with Crippen molar-refractivity contribution in [2.45, 2.75) is 32.1 Å². The van der Waals surface area contributed by atoms with Gasteiger partial charge in [0.2, 0.25) is 0 Å². The lowest BCUT2D eigenvalue weighted by atomic mass is 10.0. The van der Waals surface area contributed by atoms with Crippen molar-refractivity contribution in [1.29, 1.82) is 0 Å². The predicted octanol–water partition coefficient (Wildman–Crippen LogP) is 3.89. The summed E-state index contributed by atoms with van der Waals surface area (Å²) in [4.78, 5) is 19.0. The third-order valence-electron chi connectivity index (χ3n) is 4.45. The fraction of sp³-hybridized carbons (Fsp3) is 0.400. The Morgan fingerprint density at radius 3 is 2.79 bits per heavy atom. The molecule has 1 aliphatic rings. The zero-order valence-corrected chi connectivity index (χ0v) is 14.1. The highest BCUT2D eigenvalue weighted by atomic mass is 16.5. The minimum atomic E-state index is 0.0912. The van der Waals surface area contributed by atoms with Crippen molar-refractivity contribution in [3.05, 3.63) is 59.9 Å². The quantitative estimate of drug-likeness (QED) is 0.757. The van der Waals surface area contributed by atoms with E-state index in [1.807, 2.05) is 53.6 Å². The molecular weight excluding hydrogens is 300 g/mol. The highest BCUT2D eigenvalue weighted by Crippen LogP contribution is 2.27. The number of nitrogens with zero attached hydrogens (tertiary/aromatic N) is 2. The summed E-state index contributed by atoms with van der Waals surface area (Å²) in [6.45, 7) is 4.39. The third kappa shape index (κ3) is 3.94. The molecule has 4 heteroatoms. The van der Waals surface area contributed by atoms with Gasteiger partial charge in [0, 0.05) is 36.5 Å². The number of unbranched alkanes of at least 4 members (excludes halogenated alkanes) is 1. The minimum Gasteiger partial charge on any atom is -0.494 e. The van der Waals surface area contributed by atoms with Crippen molar-refractivity contribution in [1.82, 2.24) is 9.88 Å². The number of pyridine rings is 1. The number of hydrogen-bond acceptors (Lipinski definition) is 3. The van der Waals surface area contributed by atoms with Crippen LogP contribution in [0, 0.1) is 0 Å². The van der Waals surface area contributed by atoms with Gasteiger partial charge < -0.3 is 9.64 Å². The predicted molar refractivity (Wildman–Crippen MR) is 94.3 cm³/mol. The second-order valence-corrected chi connectivity index (χ2v) is 6.22. The summed E-state index contributed by atoms with van der Waals surface area (Å²) < 4.78 is 5.65. The molecule has 0 bridgehead atoms. The number of amides is 1. The van der Waals surface area contributed by atoms with E-state index in [2.05, 4.69) is 11.9 Å². The van der Waals surface area contributed by atoms with Crippen LogP contribution < -0.4 is 4.74 Å². The van der Waals surface area contributed by atoms with Gasteiger partial charge in [-0.1, -0.05) is 19.4 Å². The molecule has 0 aliphatic carbocycles. The van der Waals surface area contributed by atoms with Gasteiger partial charge in [0.15, 0.2) is 0 Å². The summed E-state index contributed by atoms with van der Waals surface area (Å²) in [5.41, 5.74) is 1.80. The van der Waals surface area contributed by atoms with Gasteiger partial charge in [0.05, 0.1) is 6.61 Å². The third-order valence-corrected chi connectivity index (χ3v) is 4.45.